The Morgan fingerprint density at radius 2 is 2.00 bits per heavy atom. The van der Waals surface area contributed by atoms with E-state index in [2.05, 4.69) is 17.6 Å². The predicted octanol–water partition coefficient (Wildman–Crippen LogP) is 1.55. The van der Waals surface area contributed by atoms with Crippen molar-refractivity contribution in [3.63, 3.8) is 0 Å². The van der Waals surface area contributed by atoms with E-state index in [9.17, 15) is 0 Å². The summed E-state index contributed by atoms with van der Waals surface area (Å²) in [6.07, 6.45) is 6.46. The van der Waals surface area contributed by atoms with Gasteiger partial charge in [0.25, 0.3) is 0 Å². The Morgan fingerprint density at radius 1 is 1.22 bits per heavy atom. The SMILES string of the molecule is CCCCCCC#C[AsH2]. The molecular formula is C8H15As. The molecule has 0 aliphatic carbocycles. The van der Waals surface area contributed by atoms with Crippen molar-refractivity contribution in [2.45, 2.75) is 39.0 Å². The van der Waals surface area contributed by atoms with Crippen LogP contribution in [0.2, 0.25) is 0 Å². The molecule has 9 heavy (non-hydrogen) atoms. The Hall–Kier alpha value is 0.118. The van der Waals surface area contributed by atoms with Crippen LogP contribution in [0.5, 0.6) is 0 Å². The van der Waals surface area contributed by atoms with Crippen molar-refractivity contribution in [2.24, 2.45) is 0 Å². The van der Waals surface area contributed by atoms with Gasteiger partial charge in [-0.1, -0.05) is 0 Å². The first-order chi connectivity index (χ1) is 4.41. The number of rotatable bonds is 4. The molecule has 52 valence electrons. The number of unbranched alkanes of at least 4 members (excludes halogenated alkanes) is 4. The van der Waals surface area contributed by atoms with Gasteiger partial charge in [0.2, 0.25) is 0 Å². The molecule has 0 rings (SSSR count). The van der Waals surface area contributed by atoms with Crippen LogP contribution in [0.3, 0.4) is 0 Å². The Balaban J connectivity index is 2.80. The van der Waals surface area contributed by atoms with Gasteiger partial charge in [-0.05, 0) is 0 Å². The molecule has 1 heteroatoms. The first-order valence-electron chi connectivity index (χ1n) is 3.60. The fourth-order valence-corrected chi connectivity index (χ4v) is 1.02. The van der Waals surface area contributed by atoms with Crippen LogP contribution < -0.4 is 0 Å². The second-order valence-corrected chi connectivity index (χ2v) is 2.74. The van der Waals surface area contributed by atoms with Crippen molar-refractivity contribution < 1.29 is 0 Å². The summed E-state index contributed by atoms with van der Waals surface area (Å²) in [6.45, 7) is 2.23. The van der Waals surface area contributed by atoms with Gasteiger partial charge in [-0.3, -0.25) is 0 Å². The summed E-state index contributed by atoms with van der Waals surface area (Å²) in [5, 5.41) is 0. The topological polar surface area (TPSA) is 0 Å². The van der Waals surface area contributed by atoms with Gasteiger partial charge >= 0.3 is 66.5 Å². The van der Waals surface area contributed by atoms with Crippen LogP contribution in [0, 0.1) is 10.6 Å². The van der Waals surface area contributed by atoms with Gasteiger partial charge in [0.1, 0.15) is 0 Å². The van der Waals surface area contributed by atoms with Crippen LogP contribution in [-0.2, 0) is 0 Å². The van der Waals surface area contributed by atoms with Crippen LogP contribution in [0.25, 0.3) is 0 Å². The van der Waals surface area contributed by atoms with Gasteiger partial charge in [-0.25, -0.2) is 0 Å². The molecule has 0 spiro atoms. The molecule has 0 nitrogen and oxygen atoms in total. The molecular weight excluding hydrogens is 171 g/mol. The molecule has 1 unspecified atom stereocenters. The Kier molecular flexibility index (Phi) is 8.23. The standard InChI is InChI=1S/C8H15As/c1-2-3-4-5-6-7-8-9/h2-6,9H2,1H3. The van der Waals surface area contributed by atoms with E-state index in [1.165, 1.54) is 42.5 Å². The van der Waals surface area contributed by atoms with E-state index >= 15 is 0 Å². The number of hydrogen-bond donors (Lipinski definition) is 0. The van der Waals surface area contributed by atoms with Gasteiger partial charge in [0.15, 0.2) is 0 Å². The van der Waals surface area contributed by atoms with Crippen LogP contribution >= 0.6 is 0 Å². The van der Waals surface area contributed by atoms with Gasteiger partial charge < -0.3 is 0 Å². The summed E-state index contributed by atoms with van der Waals surface area (Å²) < 4.78 is 2.96. The fourth-order valence-electron chi connectivity index (χ4n) is 0.712. The van der Waals surface area contributed by atoms with E-state index < -0.39 is 0 Å². The van der Waals surface area contributed by atoms with E-state index in [-0.39, 0.29) is 0 Å². The van der Waals surface area contributed by atoms with E-state index in [0.717, 1.165) is 6.42 Å². The zero-order valence-electron chi connectivity index (χ0n) is 6.11. The van der Waals surface area contributed by atoms with E-state index in [4.69, 9.17) is 0 Å². The Labute approximate surface area is 66.9 Å². The third kappa shape index (κ3) is 8.12. The maximum absolute atomic E-state index is 3.08. The average molecular weight is 186 g/mol. The first kappa shape index (κ1) is 9.12. The van der Waals surface area contributed by atoms with Gasteiger partial charge in [-0.15, -0.1) is 0 Å². The van der Waals surface area contributed by atoms with E-state index in [0.29, 0.717) is 0 Å². The predicted molar refractivity (Wildman–Crippen MR) is 45.1 cm³/mol. The second-order valence-electron chi connectivity index (χ2n) is 2.13. The van der Waals surface area contributed by atoms with Crippen LogP contribution in [0.15, 0.2) is 0 Å². The van der Waals surface area contributed by atoms with Gasteiger partial charge in [0, 0.05) is 0 Å². The average Bonchev–Trinajstić information content (AvgIpc) is 1.89. The molecule has 0 saturated heterocycles. The van der Waals surface area contributed by atoms with E-state index in [1.807, 2.05) is 0 Å². The molecule has 0 bridgehead atoms. The van der Waals surface area contributed by atoms with Crippen molar-refractivity contribution >= 4 is 16.9 Å². The summed E-state index contributed by atoms with van der Waals surface area (Å²) in [7, 11) is 0. The fraction of sp³-hybridized carbons (Fsp3) is 0.750. The third-order valence-electron chi connectivity index (χ3n) is 1.26. The Bertz CT molecular complexity index is 96.9. The minimum absolute atomic E-state index is 1.11. The monoisotopic (exact) mass is 186 g/mol. The van der Waals surface area contributed by atoms with Gasteiger partial charge in [-0.2, -0.15) is 0 Å². The molecule has 0 aliphatic rings. The van der Waals surface area contributed by atoms with E-state index in [1.54, 1.807) is 0 Å². The molecule has 0 heterocycles. The normalized spacial score (nSPS) is 8.22. The molecule has 0 aromatic heterocycles. The first-order valence-corrected chi connectivity index (χ1v) is 4.81. The maximum atomic E-state index is 3.08. The zero-order valence-corrected chi connectivity index (χ0v) is 8.54. The number of hydrogen-bond acceptors (Lipinski definition) is 0. The summed E-state index contributed by atoms with van der Waals surface area (Å²) >= 11 is 1.52. The quantitative estimate of drug-likeness (QED) is 0.355. The molecule has 0 N–H and O–H groups in total. The zero-order chi connectivity index (χ0) is 6.95. The molecule has 0 saturated carbocycles. The summed E-state index contributed by atoms with van der Waals surface area (Å²) in [4.78, 5) is 0. The molecule has 0 radical (unpaired) electrons. The summed E-state index contributed by atoms with van der Waals surface area (Å²) in [6, 6.07) is 0. The van der Waals surface area contributed by atoms with Crippen LogP contribution in [-0.4, -0.2) is 16.9 Å². The van der Waals surface area contributed by atoms with Crippen molar-refractivity contribution in [2.75, 3.05) is 0 Å². The van der Waals surface area contributed by atoms with Gasteiger partial charge in [0.05, 0.1) is 0 Å². The summed E-state index contributed by atoms with van der Waals surface area (Å²) in [5.74, 6) is 3.08. The van der Waals surface area contributed by atoms with Crippen molar-refractivity contribution in [1.29, 1.82) is 0 Å². The minimum atomic E-state index is 1.11. The third-order valence-corrected chi connectivity index (χ3v) is 1.69. The molecule has 0 aromatic carbocycles. The van der Waals surface area contributed by atoms with Crippen LogP contribution in [0.4, 0.5) is 0 Å². The summed E-state index contributed by atoms with van der Waals surface area (Å²) in [5.41, 5.74) is 0. The Morgan fingerprint density at radius 3 is 2.56 bits per heavy atom. The van der Waals surface area contributed by atoms with Crippen molar-refractivity contribution in [1.82, 2.24) is 0 Å². The molecule has 0 aliphatic heterocycles. The molecule has 0 aromatic rings. The van der Waals surface area contributed by atoms with Crippen LogP contribution in [0.1, 0.15) is 39.0 Å². The van der Waals surface area contributed by atoms with Crippen molar-refractivity contribution in [3.05, 3.63) is 0 Å². The molecule has 0 fully saturated rings. The van der Waals surface area contributed by atoms with Crippen molar-refractivity contribution in [3.8, 4) is 10.6 Å². The molecule has 0 amide bonds. The second kappa shape index (κ2) is 8.12. The molecule has 1 atom stereocenters.